The number of methoxy groups -OCH3 is 1. The number of aliphatic hydroxyl groups excluding tert-OH is 3. The Hall–Kier alpha value is -3.42. The topological polar surface area (TPSA) is 160 Å². The summed E-state index contributed by atoms with van der Waals surface area (Å²) >= 11 is 0. The number of amides is 1. The molecule has 2 rings (SSSR count). The van der Waals surface area contributed by atoms with Gasteiger partial charge in [0.2, 0.25) is 0 Å². The first-order valence-electron chi connectivity index (χ1n) is 8.66. The summed E-state index contributed by atoms with van der Waals surface area (Å²) in [5, 5.41) is 29.2. The molecule has 0 aliphatic rings. The van der Waals surface area contributed by atoms with Gasteiger partial charge in [-0.15, -0.1) is 0 Å². The minimum Gasteiger partial charge on any atom is -0.497 e. The van der Waals surface area contributed by atoms with E-state index in [1.807, 2.05) is 0 Å². The molecule has 11 nitrogen and oxygen atoms in total. The molecule has 0 aliphatic carbocycles. The number of benzene rings is 1. The molecular weight excluding hydrogens is 424 g/mol. The summed E-state index contributed by atoms with van der Waals surface area (Å²) in [6.45, 7) is -1.36. The maximum Gasteiger partial charge on any atom is 0.413 e. The van der Waals surface area contributed by atoms with Gasteiger partial charge in [-0.25, -0.2) is 14.2 Å². The van der Waals surface area contributed by atoms with Gasteiger partial charge in [0.05, 0.1) is 13.7 Å². The minimum absolute atomic E-state index is 0.110. The van der Waals surface area contributed by atoms with Crippen LogP contribution in [0.1, 0.15) is 10.4 Å². The number of anilines is 1. The predicted molar refractivity (Wildman–Crippen MR) is 100.0 cm³/mol. The van der Waals surface area contributed by atoms with Gasteiger partial charge in [-0.3, -0.25) is 10.1 Å². The highest BCUT2D eigenvalue weighted by Crippen LogP contribution is 2.23. The van der Waals surface area contributed by atoms with Gasteiger partial charge in [-0.2, -0.15) is 13.8 Å². The van der Waals surface area contributed by atoms with Gasteiger partial charge in [0, 0.05) is 6.20 Å². The van der Waals surface area contributed by atoms with Crippen molar-refractivity contribution in [1.29, 1.82) is 0 Å². The van der Waals surface area contributed by atoms with E-state index in [1.165, 1.54) is 7.11 Å². The van der Waals surface area contributed by atoms with Crippen LogP contribution in [0.3, 0.4) is 0 Å². The molecule has 0 bridgehead atoms. The molecule has 2 aromatic rings. The molecule has 1 aromatic carbocycles. The third-order valence-electron chi connectivity index (χ3n) is 3.99. The van der Waals surface area contributed by atoms with E-state index in [4.69, 9.17) is 19.7 Å². The number of carbonyl (C=O) groups excluding carboxylic acids is 2. The van der Waals surface area contributed by atoms with Crippen LogP contribution in [0.15, 0.2) is 41.3 Å². The van der Waals surface area contributed by atoms with Crippen LogP contribution >= 0.6 is 0 Å². The average Bonchev–Trinajstić information content (AvgIpc) is 2.76. The molecule has 0 saturated heterocycles. The van der Waals surface area contributed by atoms with Gasteiger partial charge in [0.1, 0.15) is 24.3 Å². The molecule has 0 saturated carbocycles. The molecular formula is C18H19F2N3O8. The molecule has 0 fully saturated rings. The number of hydrogen-bond donors (Lipinski definition) is 4. The lowest BCUT2D eigenvalue weighted by Crippen LogP contribution is -2.53. The summed E-state index contributed by atoms with van der Waals surface area (Å²) in [5.41, 5.74) is -0.848. The van der Waals surface area contributed by atoms with Crippen LogP contribution in [0.2, 0.25) is 0 Å². The third kappa shape index (κ3) is 5.81. The maximum atomic E-state index is 14.0. The number of aromatic nitrogens is 2. The number of carbonyl (C=O) groups is 2. The van der Waals surface area contributed by atoms with Crippen LogP contribution in [0, 0.1) is 0 Å². The summed E-state index contributed by atoms with van der Waals surface area (Å²) in [4.78, 5) is 38.9. The second-order valence-corrected chi connectivity index (χ2v) is 6.14. The molecule has 0 unspecified atom stereocenters. The molecule has 0 aliphatic heterocycles. The van der Waals surface area contributed by atoms with Gasteiger partial charge >= 0.3 is 23.6 Å². The van der Waals surface area contributed by atoms with E-state index < -0.39 is 42.4 Å². The summed E-state index contributed by atoms with van der Waals surface area (Å²) in [6, 6.07) is 7.49. The van der Waals surface area contributed by atoms with Crippen LogP contribution in [0.25, 0.3) is 0 Å². The van der Waals surface area contributed by atoms with Gasteiger partial charge in [-0.1, -0.05) is 12.1 Å². The van der Waals surface area contributed by atoms with E-state index in [2.05, 4.69) is 10.3 Å². The number of nitrogens with one attached hydrogen (secondary N) is 1. The number of alkyl halides is 2. The first-order chi connectivity index (χ1) is 14.6. The van der Waals surface area contributed by atoms with Crippen molar-refractivity contribution in [1.82, 2.24) is 9.55 Å². The highest BCUT2D eigenvalue weighted by molar-refractivity contribution is 5.87. The zero-order valence-corrected chi connectivity index (χ0v) is 16.1. The first kappa shape index (κ1) is 23.9. The summed E-state index contributed by atoms with van der Waals surface area (Å²) in [6.07, 6.45) is -5.67. The normalized spacial score (nSPS) is 13.2. The molecule has 0 radical (unpaired) electrons. The lowest BCUT2D eigenvalue weighted by atomic mass is 10.1. The number of aliphatic hydroxyl groups is 3. The SMILES string of the molecule is COc1ccc(COC(=O)Nc2ccn(C(=O)C(F)(F)[C@H](O)[C@H](O)CO)c(=O)n2)cc1. The summed E-state index contributed by atoms with van der Waals surface area (Å²) in [5.74, 6) is -6.55. The fraction of sp³-hybridized carbons (Fsp3) is 0.333. The lowest BCUT2D eigenvalue weighted by Gasteiger charge is -2.24. The van der Waals surface area contributed by atoms with E-state index in [0.717, 1.165) is 6.07 Å². The fourth-order valence-electron chi connectivity index (χ4n) is 2.27. The average molecular weight is 443 g/mol. The molecule has 1 amide bonds. The number of nitrogens with zero attached hydrogens (tertiary/aromatic N) is 2. The highest BCUT2D eigenvalue weighted by Gasteiger charge is 2.50. The number of rotatable bonds is 8. The molecule has 168 valence electrons. The van der Waals surface area contributed by atoms with Crippen molar-refractivity contribution < 1.29 is 43.2 Å². The molecule has 1 heterocycles. The quantitative estimate of drug-likeness (QED) is 0.440. The van der Waals surface area contributed by atoms with E-state index in [0.29, 0.717) is 17.5 Å². The van der Waals surface area contributed by atoms with Crippen LogP contribution < -0.4 is 15.7 Å². The molecule has 31 heavy (non-hydrogen) atoms. The monoisotopic (exact) mass is 443 g/mol. The summed E-state index contributed by atoms with van der Waals surface area (Å²) in [7, 11) is 1.50. The van der Waals surface area contributed by atoms with Gasteiger partial charge in [-0.05, 0) is 23.8 Å². The van der Waals surface area contributed by atoms with Crippen LogP contribution in [-0.2, 0) is 11.3 Å². The Morgan fingerprint density at radius 1 is 1.23 bits per heavy atom. The Labute approximate surface area is 173 Å². The number of ether oxygens (including phenoxy) is 2. The predicted octanol–water partition coefficient (Wildman–Crippen LogP) is -0.00980. The number of hydrogen-bond acceptors (Lipinski definition) is 9. The third-order valence-corrected chi connectivity index (χ3v) is 3.99. The van der Waals surface area contributed by atoms with Crippen LogP contribution in [-0.4, -0.2) is 68.7 Å². The Morgan fingerprint density at radius 3 is 2.42 bits per heavy atom. The van der Waals surface area contributed by atoms with E-state index in [1.54, 1.807) is 24.3 Å². The smallest absolute Gasteiger partial charge is 0.413 e. The number of halogens is 2. The van der Waals surface area contributed by atoms with E-state index >= 15 is 0 Å². The van der Waals surface area contributed by atoms with Crippen molar-refractivity contribution in [3.05, 3.63) is 52.6 Å². The fourth-order valence-corrected chi connectivity index (χ4v) is 2.27. The van der Waals surface area contributed by atoms with Crippen molar-refractivity contribution in [2.24, 2.45) is 0 Å². The summed E-state index contributed by atoms with van der Waals surface area (Å²) < 4.78 is 37.8. The Morgan fingerprint density at radius 2 is 1.87 bits per heavy atom. The molecule has 1 aromatic heterocycles. The highest BCUT2D eigenvalue weighted by atomic mass is 19.3. The van der Waals surface area contributed by atoms with Gasteiger partial charge < -0.3 is 24.8 Å². The first-order valence-corrected chi connectivity index (χ1v) is 8.66. The Balaban J connectivity index is 2.03. The Bertz CT molecular complexity index is 981. The lowest BCUT2D eigenvalue weighted by molar-refractivity contribution is -0.136. The van der Waals surface area contributed by atoms with Crippen LogP contribution in [0.5, 0.6) is 5.75 Å². The standard InChI is InChI=1S/C18H19F2N3O8/c1-30-11-4-2-10(3-5-11)9-31-17(29)22-13-6-7-23(16(28)21-13)15(27)18(19,20)14(26)12(25)8-24/h2-7,12,14,24-26H,8-9H2,1H3,(H,21,22,28,29)/t12-,14-/m1/s1. The second kappa shape index (κ2) is 10.1. The Kier molecular flexibility index (Phi) is 7.74. The van der Waals surface area contributed by atoms with Gasteiger partial charge in [0.25, 0.3) is 0 Å². The maximum absolute atomic E-state index is 14.0. The van der Waals surface area contributed by atoms with Crippen molar-refractivity contribution in [2.75, 3.05) is 19.0 Å². The van der Waals surface area contributed by atoms with E-state index in [-0.39, 0.29) is 17.0 Å². The van der Waals surface area contributed by atoms with Crippen LogP contribution in [0.4, 0.5) is 19.4 Å². The zero-order valence-electron chi connectivity index (χ0n) is 16.1. The minimum atomic E-state index is -4.60. The second-order valence-electron chi connectivity index (χ2n) is 6.14. The van der Waals surface area contributed by atoms with E-state index in [9.17, 15) is 28.3 Å². The molecule has 13 heteroatoms. The van der Waals surface area contributed by atoms with Crippen molar-refractivity contribution >= 4 is 17.8 Å². The largest absolute Gasteiger partial charge is 0.497 e. The van der Waals surface area contributed by atoms with Gasteiger partial charge in [0.15, 0.2) is 6.10 Å². The zero-order chi connectivity index (χ0) is 23.2. The molecule has 4 N–H and O–H groups in total. The van der Waals surface area contributed by atoms with Crippen molar-refractivity contribution in [3.63, 3.8) is 0 Å². The van der Waals surface area contributed by atoms with Crippen molar-refractivity contribution in [3.8, 4) is 5.75 Å². The molecule has 2 atom stereocenters. The van der Waals surface area contributed by atoms with Crippen molar-refractivity contribution in [2.45, 2.75) is 24.7 Å². The molecule has 0 spiro atoms.